The first-order valence-electron chi connectivity index (χ1n) is 7.99. The molecule has 1 fully saturated rings. The van der Waals surface area contributed by atoms with E-state index < -0.39 is 0 Å². The van der Waals surface area contributed by atoms with E-state index in [4.69, 9.17) is 4.98 Å². The summed E-state index contributed by atoms with van der Waals surface area (Å²) in [7, 11) is 2.00. The summed E-state index contributed by atoms with van der Waals surface area (Å²) in [5.74, 6) is 1.96. The Hall–Kier alpha value is -1.61. The molecule has 3 heteroatoms. The molecular formula is C18H25N3. The fraction of sp³-hybridized carbons (Fsp3) is 0.500. The van der Waals surface area contributed by atoms with E-state index in [0.717, 1.165) is 30.3 Å². The van der Waals surface area contributed by atoms with Crippen molar-refractivity contribution in [2.45, 2.75) is 39.3 Å². The maximum absolute atomic E-state index is 4.92. The number of rotatable bonds is 3. The summed E-state index contributed by atoms with van der Waals surface area (Å²) in [5.41, 5.74) is 2.44. The maximum atomic E-state index is 4.92. The molecule has 0 bridgehead atoms. The molecule has 1 saturated heterocycles. The highest BCUT2D eigenvalue weighted by atomic mass is 15.2. The number of nitrogens with zero attached hydrogens (tertiary/aromatic N) is 2. The first-order chi connectivity index (χ1) is 10.2. The average molecular weight is 283 g/mol. The number of benzene rings is 1. The summed E-state index contributed by atoms with van der Waals surface area (Å²) < 4.78 is 0. The number of anilines is 1. The van der Waals surface area contributed by atoms with E-state index in [9.17, 15) is 0 Å². The number of nitrogens with one attached hydrogen (secondary N) is 1. The molecule has 1 aliphatic rings. The van der Waals surface area contributed by atoms with Crippen LogP contribution in [0.1, 0.15) is 32.3 Å². The second-order valence-corrected chi connectivity index (χ2v) is 6.36. The predicted octanol–water partition coefficient (Wildman–Crippen LogP) is 3.58. The van der Waals surface area contributed by atoms with E-state index in [2.05, 4.69) is 54.4 Å². The summed E-state index contributed by atoms with van der Waals surface area (Å²) in [5, 5.41) is 4.54. The Kier molecular flexibility index (Phi) is 4.11. The van der Waals surface area contributed by atoms with Crippen LogP contribution in [0.15, 0.2) is 30.3 Å². The number of para-hydroxylation sites is 1. The lowest BCUT2D eigenvalue weighted by atomic mass is 9.93. The zero-order chi connectivity index (χ0) is 14.8. The Morgan fingerprint density at radius 1 is 1.29 bits per heavy atom. The molecule has 3 nitrogen and oxygen atoms in total. The van der Waals surface area contributed by atoms with Crippen molar-refractivity contribution in [3.63, 3.8) is 0 Å². The van der Waals surface area contributed by atoms with Crippen molar-refractivity contribution in [1.29, 1.82) is 0 Å². The van der Waals surface area contributed by atoms with Crippen LogP contribution < -0.4 is 10.2 Å². The predicted molar refractivity (Wildman–Crippen MR) is 89.7 cm³/mol. The fourth-order valence-electron chi connectivity index (χ4n) is 3.46. The van der Waals surface area contributed by atoms with E-state index in [1.807, 2.05) is 7.05 Å². The molecule has 2 aromatic rings. The van der Waals surface area contributed by atoms with Gasteiger partial charge in [-0.2, -0.15) is 0 Å². The highest BCUT2D eigenvalue weighted by Crippen LogP contribution is 2.29. The Morgan fingerprint density at radius 3 is 2.86 bits per heavy atom. The van der Waals surface area contributed by atoms with E-state index in [-0.39, 0.29) is 0 Å². The minimum Gasteiger partial charge on any atom is -0.354 e. The first kappa shape index (κ1) is 14.3. The number of hydrogen-bond donors (Lipinski definition) is 1. The molecule has 3 rings (SSSR count). The zero-order valence-electron chi connectivity index (χ0n) is 13.3. The van der Waals surface area contributed by atoms with Crippen LogP contribution in [0, 0.1) is 5.92 Å². The van der Waals surface area contributed by atoms with Crippen LogP contribution in [0.2, 0.25) is 0 Å². The lowest BCUT2D eigenvalue weighted by Crippen LogP contribution is -2.40. The number of aromatic nitrogens is 1. The number of fused-ring (bicyclic) bond motifs is 1. The average Bonchev–Trinajstić information content (AvgIpc) is 2.47. The lowest BCUT2D eigenvalue weighted by Gasteiger charge is -2.37. The van der Waals surface area contributed by atoms with Crippen LogP contribution in [0.3, 0.4) is 0 Å². The summed E-state index contributed by atoms with van der Waals surface area (Å²) >= 11 is 0. The van der Waals surface area contributed by atoms with Crippen molar-refractivity contribution >= 4 is 16.7 Å². The van der Waals surface area contributed by atoms with Gasteiger partial charge in [0.2, 0.25) is 0 Å². The van der Waals surface area contributed by atoms with Gasteiger partial charge in [-0.15, -0.1) is 0 Å². The van der Waals surface area contributed by atoms with Crippen LogP contribution in [-0.2, 0) is 6.54 Å². The highest BCUT2D eigenvalue weighted by molar-refractivity contribution is 5.84. The van der Waals surface area contributed by atoms with Gasteiger partial charge in [0.05, 0.1) is 5.52 Å². The molecule has 0 spiro atoms. The van der Waals surface area contributed by atoms with Gasteiger partial charge in [0, 0.05) is 24.5 Å². The molecule has 0 radical (unpaired) electrons. The Morgan fingerprint density at radius 2 is 2.10 bits per heavy atom. The molecule has 1 aromatic carbocycles. The maximum Gasteiger partial charge on any atom is 0.129 e. The van der Waals surface area contributed by atoms with Gasteiger partial charge in [0.15, 0.2) is 0 Å². The molecule has 2 atom stereocenters. The molecule has 1 aliphatic heterocycles. The van der Waals surface area contributed by atoms with Crippen LogP contribution >= 0.6 is 0 Å². The van der Waals surface area contributed by atoms with Gasteiger partial charge in [-0.05, 0) is 50.4 Å². The van der Waals surface area contributed by atoms with Gasteiger partial charge in [-0.1, -0.05) is 25.1 Å². The van der Waals surface area contributed by atoms with Gasteiger partial charge >= 0.3 is 0 Å². The number of pyridine rings is 1. The highest BCUT2D eigenvalue weighted by Gasteiger charge is 2.24. The molecule has 0 saturated carbocycles. The smallest absolute Gasteiger partial charge is 0.129 e. The molecule has 0 aliphatic carbocycles. The first-order valence-corrected chi connectivity index (χ1v) is 7.99. The van der Waals surface area contributed by atoms with Crippen LogP contribution in [-0.4, -0.2) is 24.6 Å². The molecular weight excluding hydrogens is 258 g/mol. The fourth-order valence-corrected chi connectivity index (χ4v) is 3.46. The molecule has 1 N–H and O–H groups in total. The summed E-state index contributed by atoms with van der Waals surface area (Å²) in [6, 6.07) is 11.3. The topological polar surface area (TPSA) is 28.2 Å². The standard InChI is InChI=1S/C18H25N3/c1-13-8-9-21(14(2)10-13)18-11-15(12-19-3)16-6-4-5-7-17(16)20-18/h4-7,11,13-14,19H,8-10,12H2,1-3H3. The third kappa shape index (κ3) is 2.88. The molecule has 0 amide bonds. The van der Waals surface area contributed by atoms with Crippen molar-refractivity contribution in [2.24, 2.45) is 5.92 Å². The third-order valence-electron chi connectivity index (χ3n) is 4.59. The zero-order valence-corrected chi connectivity index (χ0v) is 13.3. The molecule has 21 heavy (non-hydrogen) atoms. The minimum absolute atomic E-state index is 0.574. The van der Waals surface area contributed by atoms with Crippen molar-refractivity contribution in [1.82, 2.24) is 10.3 Å². The van der Waals surface area contributed by atoms with E-state index in [0.29, 0.717) is 6.04 Å². The van der Waals surface area contributed by atoms with E-state index in [1.165, 1.54) is 23.8 Å². The van der Waals surface area contributed by atoms with E-state index in [1.54, 1.807) is 0 Å². The number of piperidine rings is 1. The Bertz CT molecular complexity index is 623. The molecule has 2 heterocycles. The SMILES string of the molecule is CNCc1cc(N2CCC(C)CC2C)nc2ccccc12. The van der Waals surface area contributed by atoms with Crippen molar-refractivity contribution < 1.29 is 0 Å². The van der Waals surface area contributed by atoms with Crippen LogP contribution in [0.5, 0.6) is 0 Å². The number of hydrogen-bond acceptors (Lipinski definition) is 3. The molecule has 112 valence electrons. The summed E-state index contributed by atoms with van der Waals surface area (Å²) in [6.45, 7) is 6.68. The van der Waals surface area contributed by atoms with Gasteiger partial charge < -0.3 is 10.2 Å². The van der Waals surface area contributed by atoms with Crippen molar-refractivity contribution in [3.05, 3.63) is 35.9 Å². The monoisotopic (exact) mass is 283 g/mol. The Balaban J connectivity index is 2.02. The minimum atomic E-state index is 0.574. The molecule has 1 aromatic heterocycles. The Labute approximate surface area is 127 Å². The van der Waals surface area contributed by atoms with Crippen molar-refractivity contribution in [3.8, 4) is 0 Å². The second kappa shape index (κ2) is 6.02. The summed E-state index contributed by atoms with van der Waals surface area (Å²) in [6.07, 6.45) is 2.52. The van der Waals surface area contributed by atoms with E-state index >= 15 is 0 Å². The lowest BCUT2D eigenvalue weighted by molar-refractivity contribution is 0.376. The molecule has 2 unspecified atom stereocenters. The van der Waals surface area contributed by atoms with Gasteiger partial charge in [0.25, 0.3) is 0 Å². The third-order valence-corrected chi connectivity index (χ3v) is 4.59. The van der Waals surface area contributed by atoms with Gasteiger partial charge in [-0.3, -0.25) is 0 Å². The van der Waals surface area contributed by atoms with Crippen LogP contribution in [0.25, 0.3) is 10.9 Å². The van der Waals surface area contributed by atoms with Gasteiger partial charge in [0.1, 0.15) is 5.82 Å². The quantitative estimate of drug-likeness (QED) is 0.933. The second-order valence-electron chi connectivity index (χ2n) is 6.36. The normalized spacial score (nSPS) is 22.7. The van der Waals surface area contributed by atoms with Crippen LogP contribution in [0.4, 0.5) is 5.82 Å². The largest absolute Gasteiger partial charge is 0.354 e. The summed E-state index contributed by atoms with van der Waals surface area (Å²) in [4.78, 5) is 7.39. The van der Waals surface area contributed by atoms with Crippen molar-refractivity contribution in [2.75, 3.05) is 18.5 Å². The van der Waals surface area contributed by atoms with Gasteiger partial charge in [-0.25, -0.2) is 4.98 Å².